The van der Waals surface area contributed by atoms with Crippen molar-refractivity contribution in [2.45, 2.75) is 25.9 Å². The van der Waals surface area contributed by atoms with Gasteiger partial charge in [-0.3, -0.25) is 9.59 Å². The molecule has 0 aromatic heterocycles. The van der Waals surface area contributed by atoms with Gasteiger partial charge < -0.3 is 10.1 Å². The number of nitrogens with zero attached hydrogens (tertiary/aromatic N) is 2. The van der Waals surface area contributed by atoms with Gasteiger partial charge in [0, 0.05) is 25.5 Å². The third kappa shape index (κ3) is 4.35. The number of amides is 2. The van der Waals surface area contributed by atoms with E-state index in [0.29, 0.717) is 0 Å². The van der Waals surface area contributed by atoms with Crippen LogP contribution < -0.4 is 10.3 Å². The van der Waals surface area contributed by atoms with Gasteiger partial charge in [0.15, 0.2) is 29.4 Å². The van der Waals surface area contributed by atoms with E-state index >= 15 is 0 Å². The molecule has 28 heavy (non-hydrogen) atoms. The normalized spacial score (nSPS) is 15.0. The smallest absolute Gasteiger partial charge is 0.355 e. The first-order chi connectivity index (χ1) is 13.2. The number of anilines is 1. The highest BCUT2D eigenvalue weighted by Gasteiger charge is 2.33. The summed E-state index contributed by atoms with van der Waals surface area (Å²) in [4.78, 5) is 35.8. The average molecular weight is 401 g/mol. The van der Waals surface area contributed by atoms with Gasteiger partial charge in [0.2, 0.25) is 5.91 Å². The summed E-state index contributed by atoms with van der Waals surface area (Å²) >= 11 is 0. The minimum atomic E-state index is -1.84. The van der Waals surface area contributed by atoms with E-state index in [2.05, 4.69) is 17.0 Å². The van der Waals surface area contributed by atoms with E-state index in [9.17, 15) is 31.9 Å². The molecule has 150 valence electrons. The number of esters is 1. The van der Waals surface area contributed by atoms with Crippen LogP contribution in [0.15, 0.2) is 23.8 Å². The Hall–Kier alpha value is -3.24. The molecule has 0 fully saturated rings. The standard InChI is InChI=1S/C17H15F4N3O4/c1-3-6-22-16(26)8(2)28-17(27)11-4-5-12(25)24(23-11)15-13(20)9(18)7-10(19)14(15)21/h3,7-8H,1,4-6H2,2H3,(H,22,26)/t8-/m1/s1. The summed E-state index contributed by atoms with van der Waals surface area (Å²) in [6.45, 7) is 4.80. The fourth-order valence-corrected chi connectivity index (χ4v) is 2.22. The Bertz CT molecular complexity index is 846. The first-order valence-corrected chi connectivity index (χ1v) is 8.00. The molecule has 1 atom stereocenters. The zero-order valence-corrected chi connectivity index (χ0v) is 14.6. The zero-order valence-electron chi connectivity index (χ0n) is 14.6. The molecule has 1 aromatic rings. The fraction of sp³-hybridized carbons (Fsp3) is 0.294. The molecule has 1 aliphatic rings. The number of halogens is 4. The molecule has 7 nitrogen and oxygen atoms in total. The van der Waals surface area contributed by atoms with Crippen LogP contribution in [0.25, 0.3) is 0 Å². The number of carbonyl (C=O) groups is 3. The number of carbonyl (C=O) groups excluding carboxylic acids is 3. The molecule has 0 saturated heterocycles. The van der Waals surface area contributed by atoms with Gasteiger partial charge in [-0.25, -0.2) is 22.4 Å². The largest absolute Gasteiger partial charge is 0.448 e. The second kappa shape index (κ2) is 8.63. The van der Waals surface area contributed by atoms with E-state index in [1.165, 1.54) is 13.0 Å². The molecule has 1 N–H and O–H groups in total. The predicted molar refractivity (Wildman–Crippen MR) is 89.2 cm³/mol. The Morgan fingerprint density at radius 3 is 2.46 bits per heavy atom. The van der Waals surface area contributed by atoms with E-state index in [-0.39, 0.29) is 24.0 Å². The molecule has 0 radical (unpaired) electrons. The van der Waals surface area contributed by atoms with Gasteiger partial charge in [0.05, 0.1) is 0 Å². The molecule has 1 aliphatic heterocycles. The average Bonchev–Trinajstić information content (AvgIpc) is 2.65. The van der Waals surface area contributed by atoms with Crippen molar-refractivity contribution in [1.29, 1.82) is 0 Å². The Kier molecular flexibility index (Phi) is 6.49. The Morgan fingerprint density at radius 1 is 1.29 bits per heavy atom. The van der Waals surface area contributed by atoms with Crippen LogP contribution in [-0.4, -0.2) is 36.1 Å². The van der Waals surface area contributed by atoms with Gasteiger partial charge in [0.25, 0.3) is 5.91 Å². The zero-order chi connectivity index (χ0) is 21.0. The van der Waals surface area contributed by atoms with Crippen LogP contribution in [-0.2, 0) is 19.1 Å². The lowest BCUT2D eigenvalue weighted by atomic mass is 10.1. The van der Waals surface area contributed by atoms with Crippen molar-refractivity contribution in [2.24, 2.45) is 5.10 Å². The molecule has 2 amide bonds. The second-order valence-corrected chi connectivity index (χ2v) is 5.65. The predicted octanol–water partition coefficient (Wildman–Crippen LogP) is 1.96. The summed E-state index contributed by atoms with van der Waals surface area (Å²) in [5, 5.41) is 5.93. The van der Waals surface area contributed by atoms with Crippen molar-refractivity contribution >= 4 is 29.2 Å². The van der Waals surface area contributed by atoms with Gasteiger partial charge in [0.1, 0.15) is 11.4 Å². The van der Waals surface area contributed by atoms with Crippen LogP contribution in [0.4, 0.5) is 23.2 Å². The third-order valence-electron chi connectivity index (χ3n) is 3.64. The van der Waals surface area contributed by atoms with Crippen molar-refractivity contribution in [3.8, 4) is 0 Å². The number of ether oxygens (including phenoxy) is 1. The summed E-state index contributed by atoms with van der Waals surface area (Å²) in [7, 11) is 0. The summed E-state index contributed by atoms with van der Waals surface area (Å²) < 4.78 is 59.6. The molecule has 11 heteroatoms. The Morgan fingerprint density at radius 2 is 1.89 bits per heavy atom. The first-order valence-electron chi connectivity index (χ1n) is 8.00. The van der Waals surface area contributed by atoms with E-state index in [0.717, 1.165) is 0 Å². The first kappa shape index (κ1) is 21.1. The quantitative estimate of drug-likeness (QED) is 0.342. The van der Waals surface area contributed by atoms with Gasteiger partial charge in [-0.15, -0.1) is 6.58 Å². The van der Waals surface area contributed by atoms with Crippen molar-refractivity contribution in [1.82, 2.24) is 5.32 Å². The number of hydrogen-bond acceptors (Lipinski definition) is 5. The highest BCUT2D eigenvalue weighted by atomic mass is 19.2. The highest BCUT2D eigenvalue weighted by Crippen LogP contribution is 2.30. The number of rotatable bonds is 6. The molecule has 0 spiro atoms. The molecule has 1 heterocycles. The molecule has 2 rings (SSSR count). The minimum Gasteiger partial charge on any atom is -0.448 e. The molecule has 0 aliphatic carbocycles. The second-order valence-electron chi connectivity index (χ2n) is 5.65. The Labute approximate surface area is 156 Å². The van der Waals surface area contributed by atoms with Crippen LogP contribution in [0, 0.1) is 23.3 Å². The van der Waals surface area contributed by atoms with Crippen LogP contribution in [0.1, 0.15) is 19.8 Å². The molecule has 0 bridgehead atoms. The number of benzene rings is 1. The van der Waals surface area contributed by atoms with Crippen LogP contribution >= 0.6 is 0 Å². The van der Waals surface area contributed by atoms with Crippen LogP contribution in [0.5, 0.6) is 0 Å². The summed E-state index contributed by atoms with van der Waals surface area (Å²) in [5.74, 6) is -9.92. The molecule has 0 saturated carbocycles. The van der Waals surface area contributed by atoms with Crippen molar-refractivity contribution in [3.05, 3.63) is 42.0 Å². The van der Waals surface area contributed by atoms with Gasteiger partial charge in [-0.1, -0.05) is 6.08 Å². The summed E-state index contributed by atoms with van der Waals surface area (Å²) in [6, 6.07) is -0.0228. The lowest BCUT2D eigenvalue weighted by Gasteiger charge is -2.24. The lowest BCUT2D eigenvalue weighted by Crippen LogP contribution is -2.40. The number of nitrogens with one attached hydrogen (secondary N) is 1. The van der Waals surface area contributed by atoms with Crippen molar-refractivity contribution < 1.29 is 36.7 Å². The number of hydrazone groups is 1. The van der Waals surface area contributed by atoms with Gasteiger partial charge in [-0.2, -0.15) is 10.1 Å². The lowest BCUT2D eigenvalue weighted by molar-refractivity contribution is -0.148. The SMILES string of the molecule is C=CCNC(=O)[C@@H](C)OC(=O)C1=NN(c2c(F)c(F)cc(F)c2F)C(=O)CC1. The van der Waals surface area contributed by atoms with Crippen LogP contribution in [0.3, 0.4) is 0 Å². The van der Waals surface area contributed by atoms with E-state index in [4.69, 9.17) is 4.74 Å². The summed E-state index contributed by atoms with van der Waals surface area (Å²) in [5.41, 5.74) is -1.84. The molecular weight excluding hydrogens is 386 g/mol. The molecular formula is C17H15F4N3O4. The van der Waals surface area contributed by atoms with Crippen LogP contribution in [0.2, 0.25) is 0 Å². The van der Waals surface area contributed by atoms with Gasteiger partial charge >= 0.3 is 5.97 Å². The van der Waals surface area contributed by atoms with Crippen molar-refractivity contribution in [2.75, 3.05) is 11.6 Å². The van der Waals surface area contributed by atoms with E-state index in [1.807, 2.05) is 0 Å². The molecule has 1 aromatic carbocycles. The fourth-order valence-electron chi connectivity index (χ4n) is 2.22. The minimum absolute atomic E-state index is 0.0228. The number of hydrogen-bond donors (Lipinski definition) is 1. The van der Waals surface area contributed by atoms with Crippen molar-refractivity contribution in [3.63, 3.8) is 0 Å². The maximum atomic E-state index is 13.9. The monoisotopic (exact) mass is 401 g/mol. The highest BCUT2D eigenvalue weighted by molar-refractivity contribution is 6.38. The summed E-state index contributed by atoms with van der Waals surface area (Å²) in [6.07, 6.45) is -0.512. The Balaban J connectivity index is 2.29. The van der Waals surface area contributed by atoms with Gasteiger partial charge in [-0.05, 0) is 6.92 Å². The maximum Gasteiger partial charge on any atom is 0.355 e. The van der Waals surface area contributed by atoms with E-state index in [1.54, 1.807) is 0 Å². The van der Waals surface area contributed by atoms with E-state index < -0.39 is 65.0 Å². The topological polar surface area (TPSA) is 88.1 Å². The third-order valence-corrected chi connectivity index (χ3v) is 3.64. The maximum absolute atomic E-state index is 13.9. The molecule has 0 unspecified atom stereocenters.